The SMILES string of the molecule is NC(=O)CC(N)C(=O)NC(CS)C(=O)NC(Cc1ccccc1)C(=O)N1CCCC1C(=O)O. The van der Waals surface area contributed by atoms with Gasteiger partial charge in [-0.1, -0.05) is 30.3 Å². The first-order chi connectivity index (χ1) is 15.6. The highest BCUT2D eigenvalue weighted by atomic mass is 32.1. The molecule has 2 rings (SSSR count). The summed E-state index contributed by atoms with van der Waals surface area (Å²) in [5, 5.41) is 14.5. The van der Waals surface area contributed by atoms with Gasteiger partial charge >= 0.3 is 5.97 Å². The molecule has 4 amide bonds. The Bertz CT molecular complexity index is 883. The Morgan fingerprint density at radius 3 is 2.30 bits per heavy atom. The van der Waals surface area contributed by atoms with Crippen molar-refractivity contribution in [3.8, 4) is 0 Å². The Balaban J connectivity index is 2.17. The van der Waals surface area contributed by atoms with Crippen LogP contribution in [0.2, 0.25) is 0 Å². The number of rotatable bonds is 11. The van der Waals surface area contributed by atoms with Gasteiger partial charge in [0.2, 0.25) is 23.6 Å². The molecule has 0 spiro atoms. The van der Waals surface area contributed by atoms with E-state index in [1.54, 1.807) is 24.3 Å². The quantitative estimate of drug-likeness (QED) is 0.206. The van der Waals surface area contributed by atoms with Crippen LogP contribution < -0.4 is 22.1 Å². The van der Waals surface area contributed by atoms with Gasteiger partial charge in [0.05, 0.1) is 12.5 Å². The molecule has 7 N–H and O–H groups in total. The number of carboxylic acid groups (broad SMARTS) is 1. The van der Waals surface area contributed by atoms with Crippen LogP contribution in [0.3, 0.4) is 0 Å². The Hall–Kier alpha value is -3.12. The number of likely N-dealkylation sites (tertiary alicyclic amines) is 1. The smallest absolute Gasteiger partial charge is 0.326 e. The third kappa shape index (κ3) is 7.46. The molecule has 0 radical (unpaired) electrons. The molecule has 180 valence electrons. The minimum Gasteiger partial charge on any atom is -0.480 e. The van der Waals surface area contributed by atoms with Crippen LogP contribution in [0, 0.1) is 0 Å². The summed E-state index contributed by atoms with van der Waals surface area (Å²) in [4.78, 5) is 62.1. The fraction of sp³-hybridized carbons (Fsp3) is 0.476. The molecule has 4 unspecified atom stereocenters. The average molecular weight is 480 g/mol. The summed E-state index contributed by atoms with van der Waals surface area (Å²) in [5.41, 5.74) is 11.4. The molecule has 0 bridgehead atoms. The first-order valence-corrected chi connectivity index (χ1v) is 11.1. The van der Waals surface area contributed by atoms with Crippen LogP contribution in [0.15, 0.2) is 30.3 Å². The zero-order valence-electron chi connectivity index (χ0n) is 18.0. The van der Waals surface area contributed by atoms with E-state index in [0.29, 0.717) is 12.8 Å². The van der Waals surface area contributed by atoms with E-state index in [0.717, 1.165) is 5.56 Å². The van der Waals surface area contributed by atoms with Crippen LogP contribution in [0.25, 0.3) is 0 Å². The molecular formula is C21H29N5O6S. The molecule has 1 aliphatic rings. The summed E-state index contributed by atoms with van der Waals surface area (Å²) in [6.07, 6.45) is 0.609. The molecule has 1 fully saturated rings. The maximum atomic E-state index is 13.2. The van der Waals surface area contributed by atoms with Gasteiger partial charge in [-0.25, -0.2) is 4.79 Å². The Morgan fingerprint density at radius 2 is 1.73 bits per heavy atom. The molecule has 0 saturated carbocycles. The number of carbonyl (C=O) groups excluding carboxylic acids is 4. The van der Waals surface area contributed by atoms with Crippen molar-refractivity contribution in [1.29, 1.82) is 0 Å². The van der Waals surface area contributed by atoms with Crippen molar-refractivity contribution in [2.45, 2.75) is 49.9 Å². The van der Waals surface area contributed by atoms with Crippen LogP contribution in [0.1, 0.15) is 24.8 Å². The molecule has 0 aliphatic carbocycles. The van der Waals surface area contributed by atoms with Crippen molar-refractivity contribution in [3.05, 3.63) is 35.9 Å². The molecule has 1 aliphatic heterocycles. The Morgan fingerprint density at radius 1 is 1.09 bits per heavy atom. The number of aliphatic carboxylic acids is 1. The fourth-order valence-electron chi connectivity index (χ4n) is 3.59. The average Bonchev–Trinajstić information content (AvgIpc) is 3.26. The van der Waals surface area contributed by atoms with E-state index in [-0.39, 0.29) is 18.7 Å². The Labute approximate surface area is 196 Å². The van der Waals surface area contributed by atoms with Gasteiger partial charge in [-0.2, -0.15) is 12.6 Å². The third-order valence-corrected chi connectivity index (χ3v) is 5.66. The number of amides is 4. The maximum absolute atomic E-state index is 13.2. The van der Waals surface area contributed by atoms with Crippen molar-refractivity contribution in [3.63, 3.8) is 0 Å². The van der Waals surface area contributed by atoms with Gasteiger partial charge in [-0.3, -0.25) is 19.2 Å². The molecule has 1 heterocycles. The minimum atomic E-state index is -1.24. The summed E-state index contributed by atoms with van der Waals surface area (Å²) in [5.74, 6) is -3.95. The summed E-state index contributed by atoms with van der Waals surface area (Å²) >= 11 is 4.09. The molecule has 1 aromatic rings. The van der Waals surface area contributed by atoms with Gasteiger partial charge in [-0.15, -0.1) is 0 Å². The first kappa shape index (κ1) is 26.1. The minimum absolute atomic E-state index is 0.103. The number of hydrogen-bond acceptors (Lipinski definition) is 7. The second-order valence-corrected chi connectivity index (χ2v) is 8.16. The third-order valence-electron chi connectivity index (χ3n) is 5.29. The second-order valence-electron chi connectivity index (χ2n) is 7.80. The lowest BCUT2D eigenvalue weighted by molar-refractivity contribution is -0.149. The zero-order valence-corrected chi connectivity index (χ0v) is 18.9. The maximum Gasteiger partial charge on any atom is 0.326 e. The molecular weight excluding hydrogens is 450 g/mol. The number of nitrogens with one attached hydrogen (secondary N) is 2. The molecule has 11 nitrogen and oxygen atoms in total. The lowest BCUT2D eigenvalue weighted by Crippen LogP contribution is -2.58. The predicted octanol–water partition coefficient (Wildman–Crippen LogP) is -1.59. The van der Waals surface area contributed by atoms with Crippen molar-refractivity contribution in [2.24, 2.45) is 11.5 Å². The number of primary amides is 1. The fourth-order valence-corrected chi connectivity index (χ4v) is 3.85. The van der Waals surface area contributed by atoms with Gasteiger partial charge < -0.3 is 32.1 Å². The molecule has 33 heavy (non-hydrogen) atoms. The summed E-state index contributed by atoms with van der Waals surface area (Å²) in [6, 6.07) is 4.55. The van der Waals surface area contributed by atoms with E-state index in [1.807, 2.05) is 6.07 Å². The summed E-state index contributed by atoms with van der Waals surface area (Å²) in [6.45, 7) is 0.270. The van der Waals surface area contributed by atoms with Crippen LogP contribution >= 0.6 is 12.6 Å². The number of nitrogens with zero attached hydrogens (tertiary/aromatic N) is 1. The van der Waals surface area contributed by atoms with Crippen LogP contribution in [0.5, 0.6) is 0 Å². The van der Waals surface area contributed by atoms with E-state index >= 15 is 0 Å². The highest BCUT2D eigenvalue weighted by Gasteiger charge is 2.38. The molecule has 1 aromatic carbocycles. The summed E-state index contributed by atoms with van der Waals surface area (Å²) < 4.78 is 0. The topological polar surface area (TPSA) is 185 Å². The molecule has 0 aromatic heterocycles. The molecule has 12 heteroatoms. The lowest BCUT2D eigenvalue weighted by atomic mass is 10.0. The lowest BCUT2D eigenvalue weighted by Gasteiger charge is -2.28. The van der Waals surface area contributed by atoms with E-state index in [1.165, 1.54) is 4.90 Å². The highest BCUT2D eigenvalue weighted by molar-refractivity contribution is 7.80. The van der Waals surface area contributed by atoms with Crippen molar-refractivity contribution >= 4 is 42.2 Å². The number of benzene rings is 1. The van der Waals surface area contributed by atoms with E-state index in [4.69, 9.17) is 11.5 Å². The first-order valence-electron chi connectivity index (χ1n) is 10.5. The number of thiol groups is 1. The molecule has 4 atom stereocenters. The van der Waals surface area contributed by atoms with Gasteiger partial charge in [0.1, 0.15) is 18.1 Å². The predicted molar refractivity (Wildman–Crippen MR) is 122 cm³/mol. The summed E-state index contributed by atoms with van der Waals surface area (Å²) in [7, 11) is 0. The standard InChI is InChI=1S/C21H29N5O6S/c22-13(10-17(23)27)18(28)25-15(11-33)19(29)24-14(9-12-5-2-1-3-6-12)20(30)26-8-4-7-16(26)21(31)32/h1-3,5-6,13-16,33H,4,7-11,22H2,(H2,23,27)(H,24,29)(H,25,28)(H,31,32). The number of carbonyl (C=O) groups is 5. The van der Waals surface area contributed by atoms with Gasteiger partial charge in [0, 0.05) is 18.7 Å². The monoisotopic (exact) mass is 479 g/mol. The highest BCUT2D eigenvalue weighted by Crippen LogP contribution is 2.19. The van der Waals surface area contributed by atoms with E-state index in [9.17, 15) is 29.1 Å². The normalized spacial score (nSPS) is 18.1. The second kappa shape index (κ2) is 12.2. The van der Waals surface area contributed by atoms with Gasteiger partial charge in [0.15, 0.2) is 0 Å². The van der Waals surface area contributed by atoms with Crippen LogP contribution in [-0.2, 0) is 30.4 Å². The number of nitrogens with two attached hydrogens (primary N) is 2. The molecule has 1 saturated heterocycles. The largest absolute Gasteiger partial charge is 0.480 e. The van der Waals surface area contributed by atoms with E-state index < -0.39 is 60.2 Å². The van der Waals surface area contributed by atoms with Crippen LogP contribution in [-0.4, -0.2) is 76.1 Å². The van der Waals surface area contributed by atoms with Crippen molar-refractivity contribution < 1.29 is 29.1 Å². The van der Waals surface area contributed by atoms with Crippen molar-refractivity contribution in [2.75, 3.05) is 12.3 Å². The van der Waals surface area contributed by atoms with Crippen LogP contribution in [0.4, 0.5) is 0 Å². The number of carboxylic acids is 1. The number of hydrogen-bond donors (Lipinski definition) is 6. The Kier molecular flexibility index (Phi) is 9.67. The van der Waals surface area contributed by atoms with Crippen molar-refractivity contribution in [1.82, 2.24) is 15.5 Å². The van der Waals surface area contributed by atoms with E-state index in [2.05, 4.69) is 23.3 Å². The van der Waals surface area contributed by atoms with Gasteiger partial charge in [0.25, 0.3) is 0 Å². The zero-order chi connectivity index (χ0) is 24.5. The van der Waals surface area contributed by atoms with Gasteiger partial charge in [-0.05, 0) is 18.4 Å².